The van der Waals surface area contributed by atoms with Crippen molar-refractivity contribution < 1.29 is 8.42 Å². The number of rotatable bonds is 7. The maximum absolute atomic E-state index is 11.0. The highest BCUT2D eigenvalue weighted by atomic mass is 127. The van der Waals surface area contributed by atoms with Crippen molar-refractivity contribution in [2.24, 2.45) is 4.99 Å². The Hall–Kier alpha value is -0.590. The number of hydrogen-bond acceptors (Lipinski definition) is 5. The minimum Gasteiger partial charge on any atom is -0.363 e. The summed E-state index contributed by atoms with van der Waals surface area (Å²) in [6.07, 6.45) is 4.04. The normalized spacial score (nSPS) is 16.4. The number of piperidine rings is 1. The lowest BCUT2D eigenvalue weighted by Gasteiger charge is -2.33. The first kappa shape index (κ1) is 22.5. The molecule has 1 fully saturated rings. The fourth-order valence-corrected chi connectivity index (χ4v) is 3.94. The number of thiophene rings is 1. The second kappa shape index (κ2) is 11.2. The molecular weight excluding hydrogens is 473 g/mol. The Morgan fingerprint density at radius 3 is 2.64 bits per heavy atom. The second-order valence-corrected chi connectivity index (χ2v) is 8.64. The minimum atomic E-state index is -3.10. The zero-order valence-electron chi connectivity index (χ0n) is 14.7. The number of anilines is 1. The first-order valence-corrected chi connectivity index (χ1v) is 11.0. The second-order valence-electron chi connectivity index (χ2n) is 5.88. The van der Waals surface area contributed by atoms with E-state index in [2.05, 4.69) is 42.8 Å². The van der Waals surface area contributed by atoms with Crippen molar-refractivity contribution in [3.05, 3.63) is 17.5 Å². The fraction of sp³-hybridized carbons (Fsp3) is 0.667. The first-order valence-electron chi connectivity index (χ1n) is 8.18. The molecule has 1 aliphatic rings. The van der Waals surface area contributed by atoms with Crippen LogP contribution in [0.4, 0.5) is 5.00 Å². The van der Waals surface area contributed by atoms with Crippen LogP contribution in [-0.4, -0.2) is 59.9 Å². The number of nitrogens with one attached hydrogen (secondary N) is 3. The van der Waals surface area contributed by atoms with Gasteiger partial charge < -0.3 is 15.5 Å². The Kier molecular flexibility index (Phi) is 10.1. The lowest BCUT2D eigenvalue weighted by Crippen LogP contribution is -2.49. The number of hydrogen-bond donors (Lipinski definition) is 3. The summed E-state index contributed by atoms with van der Waals surface area (Å²) in [5, 5.41) is 10.1. The number of guanidine groups is 1. The van der Waals surface area contributed by atoms with E-state index in [9.17, 15) is 8.42 Å². The highest BCUT2D eigenvalue weighted by Gasteiger charge is 2.20. The number of sulfonamides is 1. The summed E-state index contributed by atoms with van der Waals surface area (Å²) in [4.78, 5) is 6.67. The first-order chi connectivity index (χ1) is 11.5. The van der Waals surface area contributed by atoms with Gasteiger partial charge in [-0.2, -0.15) is 0 Å². The van der Waals surface area contributed by atoms with E-state index in [-0.39, 0.29) is 24.0 Å². The van der Waals surface area contributed by atoms with Crippen LogP contribution in [0.1, 0.15) is 19.3 Å². The molecule has 0 radical (unpaired) electrons. The SMILES string of the molecule is CN=C(NCCCNS(C)(=O)=O)NC1CCN(c2cccs2)CC1.I. The lowest BCUT2D eigenvalue weighted by molar-refractivity contribution is 0.462. The molecule has 0 unspecified atom stereocenters. The van der Waals surface area contributed by atoms with E-state index >= 15 is 0 Å². The summed E-state index contributed by atoms with van der Waals surface area (Å²) in [7, 11) is -1.35. The van der Waals surface area contributed by atoms with Gasteiger partial charge >= 0.3 is 0 Å². The van der Waals surface area contributed by atoms with Crippen molar-refractivity contribution in [2.45, 2.75) is 25.3 Å². The molecule has 1 aliphatic heterocycles. The summed E-state index contributed by atoms with van der Waals surface area (Å²) < 4.78 is 24.5. The quantitative estimate of drug-likeness (QED) is 0.228. The van der Waals surface area contributed by atoms with Crippen LogP contribution in [0.2, 0.25) is 0 Å². The van der Waals surface area contributed by atoms with Gasteiger partial charge in [-0.25, -0.2) is 13.1 Å². The average molecular weight is 501 g/mol. The molecular formula is C15H28IN5O2S2. The van der Waals surface area contributed by atoms with Crippen LogP contribution in [-0.2, 0) is 10.0 Å². The van der Waals surface area contributed by atoms with Crippen molar-refractivity contribution in [3.63, 3.8) is 0 Å². The third kappa shape index (κ3) is 8.56. The Balaban J connectivity index is 0.00000312. The monoisotopic (exact) mass is 501 g/mol. The molecule has 25 heavy (non-hydrogen) atoms. The minimum absolute atomic E-state index is 0. The number of nitrogens with zero attached hydrogens (tertiary/aromatic N) is 2. The van der Waals surface area contributed by atoms with Gasteiger partial charge in [0.1, 0.15) is 0 Å². The summed E-state index contributed by atoms with van der Waals surface area (Å²) in [5.74, 6) is 0.781. The molecule has 0 spiro atoms. The molecule has 10 heteroatoms. The van der Waals surface area contributed by atoms with Gasteiger partial charge in [-0.3, -0.25) is 4.99 Å². The third-order valence-electron chi connectivity index (χ3n) is 3.89. The van der Waals surface area contributed by atoms with E-state index in [1.807, 2.05) is 0 Å². The molecule has 0 saturated carbocycles. The Labute approximate surface area is 171 Å². The van der Waals surface area contributed by atoms with Gasteiger partial charge in [0.2, 0.25) is 10.0 Å². The van der Waals surface area contributed by atoms with Gasteiger partial charge in [-0.15, -0.1) is 35.3 Å². The van der Waals surface area contributed by atoms with Crippen molar-refractivity contribution in [1.82, 2.24) is 15.4 Å². The molecule has 1 aromatic rings. The molecule has 0 aliphatic carbocycles. The van der Waals surface area contributed by atoms with Crippen LogP contribution in [0.5, 0.6) is 0 Å². The highest BCUT2D eigenvalue weighted by Crippen LogP contribution is 2.24. The Morgan fingerprint density at radius 2 is 2.08 bits per heavy atom. The third-order valence-corrected chi connectivity index (χ3v) is 5.54. The molecule has 2 rings (SSSR count). The smallest absolute Gasteiger partial charge is 0.208 e. The van der Waals surface area contributed by atoms with Crippen molar-refractivity contribution >= 4 is 56.3 Å². The van der Waals surface area contributed by atoms with Gasteiger partial charge in [0.05, 0.1) is 11.3 Å². The van der Waals surface area contributed by atoms with E-state index in [0.29, 0.717) is 25.6 Å². The zero-order chi connectivity index (χ0) is 17.4. The summed E-state index contributed by atoms with van der Waals surface area (Å²) in [6.45, 7) is 3.21. The molecule has 0 aromatic carbocycles. The molecule has 0 bridgehead atoms. The molecule has 2 heterocycles. The summed E-state index contributed by atoms with van der Waals surface area (Å²) in [5.41, 5.74) is 0. The molecule has 0 atom stereocenters. The molecule has 144 valence electrons. The predicted octanol–water partition coefficient (Wildman–Crippen LogP) is 1.44. The Bertz CT molecular complexity index is 614. The van der Waals surface area contributed by atoms with E-state index in [1.165, 1.54) is 11.3 Å². The van der Waals surface area contributed by atoms with Gasteiger partial charge in [-0.05, 0) is 36.8 Å². The van der Waals surface area contributed by atoms with Gasteiger partial charge in [-0.1, -0.05) is 0 Å². The largest absolute Gasteiger partial charge is 0.363 e. The topological polar surface area (TPSA) is 85.8 Å². The van der Waals surface area contributed by atoms with Crippen LogP contribution < -0.4 is 20.3 Å². The molecule has 1 aromatic heterocycles. The van der Waals surface area contributed by atoms with Crippen molar-refractivity contribution in [1.29, 1.82) is 0 Å². The van der Waals surface area contributed by atoms with E-state index in [0.717, 1.165) is 31.9 Å². The van der Waals surface area contributed by atoms with Crippen LogP contribution in [0, 0.1) is 0 Å². The van der Waals surface area contributed by atoms with Crippen LogP contribution in [0.3, 0.4) is 0 Å². The average Bonchev–Trinajstić information content (AvgIpc) is 3.07. The summed E-state index contributed by atoms with van der Waals surface area (Å²) in [6, 6.07) is 4.68. The van der Waals surface area contributed by atoms with E-state index in [4.69, 9.17) is 0 Å². The summed E-state index contributed by atoms with van der Waals surface area (Å²) >= 11 is 1.79. The van der Waals surface area contributed by atoms with E-state index in [1.54, 1.807) is 18.4 Å². The predicted molar refractivity (Wildman–Crippen MR) is 117 cm³/mol. The highest BCUT2D eigenvalue weighted by molar-refractivity contribution is 14.0. The molecule has 7 nitrogen and oxygen atoms in total. The molecule has 0 amide bonds. The molecule has 3 N–H and O–H groups in total. The maximum atomic E-state index is 11.0. The van der Waals surface area contributed by atoms with Gasteiger partial charge in [0.25, 0.3) is 0 Å². The standard InChI is InChI=1S/C15H27N5O2S2.HI/c1-16-15(17-8-4-9-18-24(2,21)22)19-13-6-10-20(11-7-13)14-5-3-12-23-14;/h3,5,12-13,18H,4,6-11H2,1-2H3,(H2,16,17,19);1H. The fourth-order valence-electron chi connectivity index (χ4n) is 2.63. The lowest BCUT2D eigenvalue weighted by atomic mass is 10.1. The number of halogens is 1. The van der Waals surface area contributed by atoms with Crippen molar-refractivity contribution in [3.8, 4) is 0 Å². The maximum Gasteiger partial charge on any atom is 0.208 e. The van der Waals surface area contributed by atoms with Crippen LogP contribution in [0.25, 0.3) is 0 Å². The van der Waals surface area contributed by atoms with Crippen LogP contribution in [0.15, 0.2) is 22.5 Å². The van der Waals surface area contributed by atoms with Gasteiger partial charge in [0, 0.05) is 39.3 Å². The van der Waals surface area contributed by atoms with Gasteiger partial charge in [0.15, 0.2) is 5.96 Å². The molecule has 1 saturated heterocycles. The number of aliphatic imine (C=N–C) groups is 1. The van der Waals surface area contributed by atoms with E-state index < -0.39 is 10.0 Å². The van der Waals surface area contributed by atoms with Crippen molar-refractivity contribution in [2.75, 3.05) is 44.4 Å². The zero-order valence-corrected chi connectivity index (χ0v) is 18.7. The van der Waals surface area contributed by atoms with Crippen LogP contribution >= 0.6 is 35.3 Å². The Morgan fingerprint density at radius 1 is 1.36 bits per heavy atom.